The minimum absolute atomic E-state index is 0.131. The highest BCUT2D eigenvalue weighted by Crippen LogP contribution is 2.34. The van der Waals surface area contributed by atoms with Gasteiger partial charge in [0.1, 0.15) is 17.5 Å². The molecular formula is C20H17F2N3O. The fourth-order valence-electron chi connectivity index (χ4n) is 2.86. The lowest BCUT2D eigenvalue weighted by molar-refractivity contribution is 0.271. The molecule has 132 valence electrons. The van der Waals surface area contributed by atoms with Gasteiger partial charge in [-0.05, 0) is 30.2 Å². The fourth-order valence-corrected chi connectivity index (χ4v) is 2.86. The Labute approximate surface area is 149 Å². The molecule has 0 aliphatic carbocycles. The highest BCUT2D eigenvalue weighted by Gasteiger charge is 2.17. The Morgan fingerprint density at radius 1 is 1.27 bits per heavy atom. The Morgan fingerprint density at radius 3 is 2.77 bits per heavy atom. The molecule has 1 atom stereocenters. The SMILES string of the molecule is CCC(CO)Nc1ncc(-c2cccc(C#N)c2)c2cc(F)cc(F)c12. The van der Waals surface area contributed by atoms with Gasteiger partial charge in [0.15, 0.2) is 0 Å². The minimum atomic E-state index is -0.735. The molecule has 0 spiro atoms. The van der Waals surface area contributed by atoms with E-state index in [1.807, 2.05) is 6.92 Å². The highest BCUT2D eigenvalue weighted by molar-refractivity contribution is 6.02. The minimum Gasteiger partial charge on any atom is -0.394 e. The van der Waals surface area contributed by atoms with Gasteiger partial charge in [-0.1, -0.05) is 19.1 Å². The molecule has 0 amide bonds. The number of nitrogens with one attached hydrogen (secondary N) is 1. The Bertz CT molecular complexity index is 994. The average molecular weight is 353 g/mol. The largest absolute Gasteiger partial charge is 0.394 e. The van der Waals surface area contributed by atoms with Crippen molar-refractivity contribution in [3.63, 3.8) is 0 Å². The maximum absolute atomic E-state index is 14.6. The predicted molar refractivity (Wildman–Crippen MR) is 96.6 cm³/mol. The Morgan fingerprint density at radius 2 is 2.08 bits per heavy atom. The van der Waals surface area contributed by atoms with Crippen LogP contribution in [-0.4, -0.2) is 22.7 Å². The summed E-state index contributed by atoms with van der Waals surface area (Å²) in [6, 6.07) is 10.6. The third-order valence-corrected chi connectivity index (χ3v) is 4.26. The molecule has 3 rings (SSSR count). The van der Waals surface area contributed by atoms with E-state index in [4.69, 9.17) is 5.26 Å². The Balaban J connectivity index is 2.25. The summed E-state index contributed by atoms with van der Waals surface area (Å²) < 4.78 is 28.5. The molecule has 0 radical (unpaired) electrons. The average Bonchev–Trinajstić information content (AvgIpc) is 2.65. The zero-order chi connectivity index (χ0) is 18.7. The first-order valence-corrected chi connectivity index (χ1v) is 8.23. The van der Waals surface area contributed by atoms with Crippen molar-refractivity contribution in [3.05, 3.63) is 59.8 Å². The van der Waals surface area contributed by atoms with Gasteiger partial charge in [0.05, 0.1) is 29.7 Å². The molecule has 4 nitrogen and oxygen atoms in total. The number of nitriles is 1. The van der Waals surface area contributed by atoms with Gasteiger partial charge in [-0.15, -0.1) is 0 Å². The van der Waals surface area contributed by atoms with Crippen LogP contribution in [0.4, 0.5) is 14.6 Å². The van der Waals surface area contributed by atoms with Crippen molar-refractivity contribution in [3.8, 4) is 17.2 Å². The molecule has 2 aromatic carbocycles. The van der Waals surface area contributed by atoms with Crippen molar-refractivity contribution in [2.75, 3.05) is 11.9 Å². The standard InChI is InChI=1S/C20H17F2N3O/c1-2-15(11-26)25-20-19-16(7-14(21)8-18(19)22)17(10-24-20)13-5-3-4-12(6-13)9-23/h3-8,10,15,26H,2,11H2,1H3,(H,24,25). The van der Waals surface area contributed by atoms with Crippen LogP contribution in [0, 0.1) is 23.0 Å². The molecule has 1 heterocycles. The molecule has 3 aromatic rings. The van der Waals surface area contributed by atoms with E-state index in [-0.39, 0.29) is 23.9 Å². The van der Waals surface area contributed by atoms with Crippen molar-refractivity contribution >= 4 is 16.6 Å². The Hall–Kier alpha value is -3.04. The third-order valence-electron chi connectivity index (χ3n) is 4.26. The molecule has 0 fully saturated rings. The summed E-state index contributed by atoms with van der Waals surface area (Å²) >= 11 is 0. The van der Waals surface area contributed by atoms with E-state index in [2.05, 4.69) is 16.4 Å². The maximum Gasteiger partial charge on any atom is 0.137 e. The van der Waals surface area contributed by atoms with Gasteiger partial charge in [0.25, 0.3) is 0 Å². The summed E-state index contributed by atoms with van der Waals surface area (Å²) in [4.78, 5) is 4.30. The maximum atomic E-state index is 14.6. The monoisotopic (exact) mass is 353 g/mol. The van der Waals surface area contributed by atoms with E-state index in [0.717, 1.165) is 6.07 Å². The van der Waals surface area contributed by atoms with Gasteiger partial charge in [0, 0.05) is 23.2 Å². The first kappa shape index (κ1) is 17.8. The van der Waals surface area contributed by atoms with Crippen molar-refractivity contribution in [2.45, 2.75) is 19.4 Å². The van der Waals surface area contributed by atoms with Crippen LogP contribution in [0.1, 0.15) is 18.9 Å². The number of aromatic nitrogens is 1. The number of pyridine rings is 1. The second-order valence-corrected chi connectivity index (χ2v) is 5.96. The van der Waals surface area contributed by atoms with Crippen molar-refractivity contribution in [1.82, 2.24) is 4.98 Å². The number of anilines is 1. The normalized spacial score (nSPS) is 12.0. The number of hydrogen-bond donors (Lipinski definition) is 2. The number of halogens is 2. The zero-order valence-corrected chi connectivity index (χ0v) is 14.1. The number of nitrogens with zero attached hydrogens (tertiary/aromatic N) is 2. The molecule has 0 bridgehead atoms. The quantitative estimate of drug-likeness (QED) is 0.720. The van der Waals surface area contributed by atoms with Gasteiger partial charge in [-0.3, -0.25) is 0 Å². The summed E-state index contributed by atoms with van der Waals surface area (Å²) in [6.07, 6.45) is 2.14. The van der Waals surface area contributed by atoms with E-state index in [0.29, 0.717) is 28.5 Å². The highest BCUT2D eigenvalue weighted by atomic mass is 19.1. The van der Waals surface area contributed by atoms with E-state index < -0.39 is 11.6 Å². The Kier molecular flexibility index (Phi) is 5.10. The van der Waals surface area contributed by atoms with E-state index >= 15 is 0 Å². The van der Waals surface area contributed by atoms with Crippen LogP contribution in [-0.2, 0) is 0 Å². The van der Waals surface area contributed by atoms with Gasteiger partial charge in [-0.25, -0.2) is 13.8 Å². The van der Waals surface area contributed by atoms with Crippen LogP contribution in [0.5, 0.6) is 0 Å². The van der Waals surface area contributed by atoms with Crippen LogP contribution in [0.25, 0.3) is 21.9 Å². The second kappa shape index (κ2) is 7.46. The lowest BCUT2D eigenvalue weighted by Gasteiger charge is -2.18. The summed E-state index contributed by atoms with van der Waals surface area (Å²) in [5.74, 6) is -1.18. The fraction of sp³-hybridized carbons (Fsp3) is 0.200. The van der Waals surface area contributed by atoms with E-state index in [9.17, 15) is 13.9 Å². The molecular weight excluding hydrogens is 336 g/mol. The van der Waals surface area contributed by atoms with Crippen LogP contribution >= 0.6 is 0 Å². The molecule has 6 heteroatoms. The van der Waals surface area contributed by atoms with Crippen LogP contribution in [0.2, 0.25) is 0 Å². The van der Waals surface area contributed by atoms with Crippen molar-refractivity contribution in [2.24, 2.45) is 0 Å². The van der Waals surface area contributed by atoms with Gasteiger partial charge < -0.3 is 10.4 Å². The number of benzene rings is 2. The summed E-state index contributed by atoms with van der Waals surface area (Å²) in [5, 5.41) is 22.0. The number of aliphatic hydroxyl groups excluding tert-OH is 1. The molecule has 0 aliphatic rings. The summed E-state index contributed by atoms with van der Waals surface area (Å²) in [7, 11) is 0. The van der Waals surface area contributed by atoms with E-state index in [1.165, 1.54) is 12.3 Å². The molecule has 0 saturated heterocycles. The van der Waals surface area contributed by atoms with Gasteiger partial charge >= 0.3 is 0 Å². The molecule has 1 aromatic heterocycles. The summed E-state index contributed by atoms with van der Waals surface area (Å²) in [5.41, 5.74) is 1.62. The number of aliphatic hydroxyl groups is 1. The van der Waals surface area contributed by atoms with Crippen molar-refractivity contribution in [1.29, 1.82) is 5.26 Å². The smallest absolute Gasteiger partial charge is 0.137 e. The summed E-state index contributed by atoms with van der Waals surface area (Å²) in [6.45, 7) is 1.75. The second-order valence-electron chi connectivity index (χ2n) is 5.96. The molecule has 26 heavy (non-hydrogen) atoms. The molecule has 0 aliphatic heterocycles. The predicted octanol–water partition coefficient (Wildman–Crippen LogP) is 4.23. The third kappa shape index (κ3) is 3.35. The first-order chi connectivity index (χ1) is 12.6. The van der Waals surface area contributed by atoms with Crippen LogP contribution in [0.3, 0.4) is 0 Å². The number of fused-ring (bicyclic) bond motifs is 1. The van der Waals surface area contributed by atoms with Crippen LogP contribution < -0.4 is 5.32 Å². The number of hydrogen-bond acceptors (Lipinski definition) is 4. The first-order valence-electron chi connectivity index (χ1n) is 8.23. The topological polar surface area (TPSA) is 68.9 Å². The molecule has 0 saturated carbocycles. The van der Waals surface area contributed by atoms with Crippen molar-refractivity contribution < 1.29 is 13.9 Å². The zero-order valence-electron chi connectivity index (χ0n) is 14.1. The lowest BCUT2D eigenvalue weighted by atomic mass is 9.98. The molecule has 2 N–H and O–H groups in total. The number of rotatable bonds is 5. The van der Waals surface area contributed by atoms with Gasteiger partial charge in [-0.2, -0.15) is 5.26 Å². The van der Waals surface area contributed by atoms with Crippen LogP contribution in [0.15, 0.2) is 42.6 Å². The molecule has 1 unspecified atom stereocenters. The van der Waals surface area contributed by atoms with Gasteiger partial charge in [0.2, 0.25) is 0 Å². The lowest BCUT2D eigenvalue weighted by Crippen LogP contribution is -2.23. The van der Waals surface area contributed by atoms with E-state index in [1.54, 1.807) is 24.3 Å².